The van der Waals surface area contributed by atoms with E-state index in [4.69, 9.17) is 19.9 Å². The Bertz CT molecular complexity index is 817. The van der Waals surface area contributed by atoms with Gasteiger partial charge in [-0.25, -0.2) is 0 Å². The number of nitrogens with one attached hydrogen (secondary N) is 1. The molecule has 0 bridgehead atoms. The van der Waals surface area contributed by atoms with Crippen molar-refractivity contribution in [3.63, 3.8) is 0 Å². The summed E-state index contributed by atoms with van der Waals surface area (Å²) in [7, 11) is 4.92. The zero-order chi connectivity index (χ0) is 20.6. The molecule has 0 aromatic heterocycles. The second kappa shape index (κ2) is 10.0. The van der Waals surface area contributed by atoms with Crippen LogP contribution in [0.2, 0.25) is 0 Å². The SMILES string of the molecule is COc1ccc(C(CN=C(N)Nc2cc(OC)ccc2OC)N2CCCC2)cc1. The Balaban J connectivity index is 1.76. The zero-order valence-corrected chi connectivity index (χ0v) is 17.4. The standard InChI is InChI=1S/C22H30N4O3/c1-27-17-8-6-16(7-9-17)20(26-12-4-5-13-26)15-24-22(23)25-19-14-18(28-2)10-11-21(19)29-3/h6-11,14,20H,4-5,12-13,15H2,1-3H3,(H3,23,24,25). The molecular formula is C22H30N4O3. The van der Waals surface area contributed by atoms with Gasteiger partial charge in [-0.05, 0) is 55.8 Å². The fourth-order valence-electron chi connectivity index (χ4n) is 3.59. The summed E-state index contributed by atoms with van der Waals surface area (Å²) in [6.45, 7) is 2.71. The Morgan fingerprint density at radius 3 is 2.28 bits per heavy atom. The maximum absolute atomic E-state index is 6.20. The molecule has 1 aliphatic heterocycles. The van der Waals surface area contributed by atoms with Crippen LogP contribution in [-0.4, -0.2) is 51.8 Å². The number of nitrogens with zero attached hydrogens (tertiary/aromatic N) is 2. The highest BCUT2D eigenvalue weighted by atomic mass is 16.5. The van der Waals surface area contributed by atoms with Crippen LogP contribution in [0.4, 0.5) is 5.69 Å². The van der Waals surface area contributed by atoms with Crippen LogP contribution in [0.3, 0.4) is 0 Å². The van der Waals surface area contributed by atoms with Crippen molar-refractivity contribution in [1.82, 2.24) is 4.90 Å². The van der Waals surface area contributed by atoms with Crippen LogP contribution in [-0.2, 0) is 0 Å². The molecule has 3 rings (SSSR count). The molecular weight excluding hydrogens is 368 g/mol. The molecule has 0 amide bonds. The fraction of sp³-hybridized carbons (Fsp3) is 0.409. The van der Waals surface area contributed by atoms with Gasteiger partial charge in [0.2, 0.25) is 0 Å². The molecule has 2 aromatic rings. The lowest BCUT2D eigenvalue weighted by molar-refractivity contribution is 0.251. The number of guanidine groups is 1. The molecule has 156 valence electrons. The third-order valence-corrected chi connectivity index (χ3v) is 5.19. The quantitative estimate of drug-likeness (QED) is 0.525. The van der Waals surface area contributed by atoms with Crippen molar-refractivity contribution in [3.05, 3.63) is 48.0 Å². The summed E-state index contributed by atoms with van der Waals surface area (Å²) in [5.41, 5.74) is 8.12. The molecule has 0 saturated carbocycles. The highest BCUT2D eigenvalue weighted by molar-refractivity contribution is 5.94. The van der Waals surface area contributed by atoms with Crippen molar-refractivity contribution in [3.8, 4) is 17.2 Å². The van der Waals surface area contributed by atoms with E-state index in [-0.39, 0.29) is 6.04 Å². The number of rotatable bonds is 8. The minimum atomic E-state index is 0.177. The topological polar surface area (TPSA) is 81.3 Å². The molecule has 1 atom stereocenters. The van der Waals surface area contributed by atoms with Gasteiger partial charge in [0.05, 0.1) is 39.6 Å². The molecule has 2 aromatic carbocycles. The zero-order valence-electron chi connectivity index (χ0n) is 17.4. The number of likely N-dealkylation sites (tertiary alicyclic amines) is 1. The van der Waals surface area contributed by atoms with Crippen LogP contribution in [0.15, 0.2) is 47.5 Å². The highest BCUT2D eigenvalue weighted by Crippen LogP contribution is 2.29. The summed E-state index contributed by atoms with van der Waals surface area (Å²) in [4.78, 5) is 7.09. The Morgan fingerprint density at radius 2 is 1.66 bits per heavy atom. The average Bonchev–Trinajstić information content (AvgIpc) is 3.29. The third kappa shape index (κ3) is 5.32. The van der Waals surface area contributed by atoms with Crippen molar-refractivity contribution >= 4 is 11.6 Å². The number of benzene rings is 2. The second-order valence-electron chi connectivity index (χ2n) is 6.95. The monoisotopic (exact) mass is 398 g/mol. The van der Waals surface area contributed by atoms with Gasteiger partial charge >= 0.3 is 0 Å². The van der Waals surface area contributed by atoms with E-state index in [0.717, 1.165) is 24.5 Å². The van der Waals surface area contributed by atoms with E-state index >= 15 is 0 Å². The van der Waals surface area contributed by atoms with Crippen molar-refractivity contribution in [2.45, 2.75) is 18.9 Å². The van der Waals surface area contributed by atoms with E-state index in [9.17, 15) is 0 Å². The summed E-state index contributed by atoms with van der Waals surface area (Å²) < 4.78 is 16.0. The molecule has 29 heavy (non-hydrogen) atoms. The smallest absolute Gasteiger partial charge is 0.193 e. The maximum atomic E-state index is 6.20. The minimum absolute atomic E-state index is 0.177. The number of hydrogen-bond donors (Lipinski definition) is 2. The molecule has 1 aliphatic rings. The summed E-state index contributed by atoms with van der Waals surface area (Å²) in [5.74, 6) is 2.59. The summed E-state index contributed by atoms with van der Waals surface area (Å²) in [6, 6.07) is 13.9. The molecule has 0 radical (unpaired) electrons. The molecule has 0 aliphatic carbocycles. The van der Waals surface area contributed by atoms with Crippen molar-refractivity contribution in [2.75, 3.05) is 46.3 Å². The molecule has 1 unspecified atom stereocenters. The van der Waals surface area contributed by atoms with Crippen LogP contribution in [0, 0.1) is 0 Å². The first-order valence-corrected chi connectivity index (χ1v) is 9.81. The molecule has 7 nitrogen and oxygen atoms in total. The minimum Gasteiger partial charge on any atom is -0.497 e. The lowest BCUT2D eigenvalue weighted by atomic mass is 10.1. The van der Waals surface area contributed by atoms with Gasteiger partial charge in [-0.1, -0.05) is 12.1 Å². The van der Waals surface area contributed by atoms with Crippen LogP contribution < -0.4 is 25.3 Å². The Morgan fingerprint density at radius 1 is 1.00 bits per heavy atom. The average molecular weight is 399 g/mol. The van der Waals surface area contributed by atoms with Gasteiger partial charge in [-0.2, -0.15) is 0 Å². The van der Waals surface area contributed by atoms with Gasteiger partial charge in [0.1, 0.15) is 17.2 Å². The maximum Gasteiger partial charge on any atom is 0.193 e. The lowest BCUT2D eigenvalue weighted by Gasteiger charge is -2.27. The fourth-order valence-corrected chi connectivity index (χ4v) is 3.59. The molecule has 0 spiro atoms. The van der Waals surface area contributed by atoms with E-state index in [1.807, 2.05) is 30.3 Å². The molecule has 7 heteroatoms. The van der Waals surface area contributed by atoms with E-state index in [1.165, 1.54) is 18.4 Å². The van der Waals surface area contributed by atoms with Crippen LogP contribution in [0.5, 0.6) is 17.2 Å². The van der Waals surface area contributed by atoms with Crippen LogP contribution in [0.1, 0.15) is 24.4 Å². The lowest BCUT2D eigenvalue weighted by Crippen LogP contribution is -2.30. The largest absolute Gasteiger partial charge is 0.497 e. The van der Waals surface area contributed by atoms with Gasteiger partial charge in [-0.3, -0.25) is 9.89 Å². The van der Waals surface area contributed by atoms with Gasteiger partial charge in [0, 0.05) is 6.07 Å². The third-order valence-electron chi connectivity index (χ3n) is 5.19. The Kier molecular flexibility index (Phi) is 7.19. The first-order chi connectivity index (χ1) is 14.1. The molecule has 1 fully saturated rings. The van der Waals surface area contributed by atoms with Crippen molar-refractivity contribution in [1.29, 1.82) is 0 Å². The number of hydrogen-bond acceptors (Lipinski definition) is 5. The predicted molar refractivity (Wildman–Crippen MR) is 116 cm³/mol. The van der Waals surface area contributed by atoms with E-state index in [0.29, 0.717) is 24.0 Å². The van der Waals surface area contributed by atoms with Crippen LogP contribution >= 0.6 is 0 Å². The molecule has 1 heterocycles. The summed E-state index contributed by atoms with van der Waals surface area (Å²) in [6.07, 6.45) is 2.43. The van der Waals surface area contributed by atoms with Crippen molar-refractivity contribution in [2.24, 2.45) is 10.7 Å². The molecule has 1 saturated heterocycles. The number of anilines is 1. The van der Waals surface area contributed by atoms with Gasteiger partial charge in [-0.15, -0.1) is 0 Å². The normalized spacial score (nSPS) is 15.8. The summed E-state index contributed by atoms with van der Waals surface area (Å²) in [5, 5.41) is 3.14. The van der Waals surface area contributed by atoms with Gasteiger partial charge in [0.15, 0.2) is 5.96 Å². The Hall–Kier alpha value is -2.93. The van der Waals surface area contributed by atoms with Crippen LogP contribution in [0.25, 0.3) is 0 Å². The first-order valence-electron chi connectivity index (χ1n) is 9.81. The van der Waals surface area contributed by atoms with E-state index in [1.54, 1.807) is 21.3 Å². The number of aliphatic imine (C=N–C) groups is 1. The number of methoxy groups -OCH3 is 3. The first kappa shape index (κ1) is 20.8. The van der Waals surface area contributed by atoms with E-state index in [2.05, 4.69) is 27.3 Å². The summed E-state index contributed by atoms with van der Waals surface area (Å²) >= 11 is 0. The van der Waals surface area contributed by atoms with Gasteiger partial charge in [0.25, 0.3) is 0 Å². The number of ether oxygens (including phenoxy) is 3. The number of nitrogens with two attached hydrogens (primary N) is 1. The van der Waals surface area contributed by atoms with Crippen molar-refractivity contribution < 1.29 is 14.2 Å². The Labute approximate surface area is 172 Å². The molecule has 3 N–H and O–H groups in total. The second-order valence-corrected chi connectivity index (χ2v) is 6.95. The predicted octanol–water partition coefficient (Wildman–Crippen LogP) is 3.28. The van der Waals surface area contributed by atoms with E-state index < -0.39 is 0 Å². The van der Waals surface area contributed by atoms with Gasteiger partial charge < -0.3 is 25.3 Å². The highest BCUT2D eigenvalue weighted by Gasteiger charge is 2.23.